The average molecular weight is 473 g/mol. The first-order chi connectivity index (χ1) is 16.3. The van der Waals surface area contributed by atoms with Gasteiger partial charge in [-0.2, -0.15) is 5.26 Å². The molecule has 0 fully saturated rings. The van der Waals surface area contributed by atoms with Crippen LogP contribution in [0.5, 0.6) is 0 Å². The molecule has 0 saturated carbocycles. The molecule has 1 aliphatic carbocycles. The molecule has 174 valence electrons. The van der Waals surface area contributed by atoms with E-state index in [1.807, 2.05) is 56.3 Å². The second-order valence-electron chi connectivity index (χ2n) is 8.74. The molecule has 0 spiro atoms. The maximum Gasteiger partial charge on any atom is 0.264 e. The number of aromatic nitrogens is 1. The monoisotopic (exact) mass is 472 g/mol. The summed E-state index contributed by atoms with van der Waals surface area (Å²) in [6.07, 6.45) is 5.71. The van der Waals surface area contributed by atoms with E-state index in [1.165, 1.54) is 9.78 Å². The molecule has 0 saturated heterocycles. The predicted molar refractivity (Wildman–Crippen MR) is 136 cm³/mol. The molecule has 0 atom stereocenters. The fraction of sp³-hybridized carbons (Fsp3) is 0.296. The third-order valence-corrected chi connectivity index (χ3v) is 7.42. The van der Waals surface area contributed by atoms with Crippen LogP contribution in [0.2, 0.25) is 0 Å². The van der Waals surface area contributed by atoms with Crippen molar-refractivity contribution in [3.63, 3.8) is 0 Å². The summed E-state index contributed by atoms with van der Waals surface area (Å²) in [5.41, 5.74) is 5.35. The summed E-state index contributed by atoms with van der Waals surface area (Å²) in [6, 6.07) is 13.5. The number of nitrogens with zero attached hydrogens (tertiary/aromatic N) is 3. The molecule has 1 aromatic carbocycles. The number of hydrogen-bond acceptors (Lipinski definition) is 4. The van der Waals surface area contributed by atoms with E-state index >= 15 is 0 Å². The van der Waals surface area contributed by atoms with Crippen LogP contribution in [-0.2, 0) is 17.6 Å². The number of amides is 2. The van der Waals surface area contributed by atoms with Gasteiger partial charge >= 0.3 is 0 Å². The molecule has 6 nitrogen and oxygen atoms in total. The normalized spacial score (nSPS) is 13.2. The van der Waals surface area contributed by atoms with Crippen LogP contribution in [0.25, 0.3) is 11.1 Å². The van der Waals surface area contributed by atoms with Gasteiger partial charge in [0, 0.05) is 36.0 Å². The van der Waals surface area contributed by atoms with E-state index in [4.69, 9.17) is 0 Å². The molecule has 3 aromatic rings. The number of benzene rings is 1. The van der Waals surface area contributed by atoms with Crippen molar-refractivity contribution in [2.24, 2.45) is 0 Å². The number of anilines is 1. The van der Waals surface area contributed by atoms with Crippen molar-refractivity contribution < 1.29 is 9.59 Å². The maximum absolute atomic E-state index is 13.5. The van der Waals surface area contributed by atoms with Crippen molar-refractivity contribution in [3.8, 4) is 11.1 Å². The number of para-hydroxylation sites is 1. The molecule has 34 heavy (non-hydrogen) atoms. The molecule has 0 aliphatic heterocycles. The summed E-state index contributed by atoms with van der Waals surface area (Å²) in [4.78, 5) is 28.6. The Morgan fingerprint density at radius 1 is 1.15 bits per heavy atom. The van der Waals surface area contributed by atoms with Crippen LogP contribution in [-0.4, -0.2) is 35.4 Å². The Morgan fingerprint density at radius 3 is 2.53 bits per heavy atom. The zero-order valence-corrected chi connectivity index (χ0v) is 20.8. The SMILES string of the molecule is Cc1cc(/C=C(/C#N)C(=O)N(C)C)c(C)n1-c1sc2c(c1C(=O)Nc1ccccc1)CCCC2. The molecule has 0 radical (unpaired) electrons. The average Bonchev–Trinajstić information content (AvgIpc) is 3.33. The second kappa shape index (κ2) is 9.70. The zero-order chi connectivity index (χ0) is 24.4. The van der Waals surface area contributed by atoms with Gasteiger partial charge in [0.15, 0.2) is 0 Å². The highest BCUT2D eigenvalue weighted by Gasteiger charge is 2.28. The molecule has 2 amide bonds. The summed E-state index contributed by atoms with van der Waals surface area (Å²) in [7, 11) is 3.26. The van der Waals surface area contributed by atoms with E-state index < -0.39 is 0 Å². The highest BCUT2D eigenvalue weighted by Crippen LogP contribution is 2.39. The third-order valence-electron chi connectivity index (χ3n) is 6.14. The van der Waals surface area contributed by atoms with Gasteiger partial charge in [-0.1, -0.05) is 18.2 Å². The molecule has 2 aromatic heterocycles. The third kappa shape index (κ3) is 4.42. The standard InChI is InChI=1S/C27H28N4O2S/c1-17-14-19(15-20(16-28)26(33)30(3)4)18(2)31(17)27-24(22-12-8-9-13-23(22)34-27)25(32)29-21-10-6-5-7-11-21/h5-7,10-11,14-15H,8-9,12-13H2,1-4H3,(H,29,32)/b20-15-. The number of carbonyl (C=O) groups excluding carboxylic acids is 2. The Bertz CT molecular complexity index is 1320. The minimum absolute atomic E-state index is 0.0813. The summed E-state index contributed by atoms with van der Waals surface area (Å²) in [5.74, 6) is -0.437. The molecule has 7 heteroatoms. The summed E-state index contributed by atoms with van der Waals surface area (Å²) in [6.45, 7) is 3.95. The fourth-order valence-corrected chi connectivity index (χ4v) is 5.94. The Morgan fingerprint density at radius 2 is 1.85 bits per heavy atom. The van der Waals surface area contributed by atoms with Gasteiger partial charge in [-0.05, 0) is 74.9 Å². The van der Waals surface area contributed by atoms with Gasteiger partial charge < -0.3 is 14.8 Å². The molecule has 4 rings (SSSR count). The number of rotatable bonds is 5. The first-order valence-electron chi connectivity index (χ1n) is 11.4. The first-order valence-corrected chi connectivity index (χ1v) is 12.2. The van der Waals surface area contributed by atoms with Crippen molar-refractivity contribution in [1.29, 1.82) is 5.26 Å². The number of hydrogen-bond donors (Lipinski definition) is 1. The maximum atomic E-state index is 13.5. The van der Waals surface area contributed by atoms with Crippen LogP contribution in [0.4, 0.5) is 5.69 Å². The second-order valence-corrected chi connectivity index (χ2v) is 9.83. The number of fused-ring (bicyclic) bond motifs is 1. The first kappa shape index (κ1) is 23.5. The number of aryl methyl sites for hydroxylation is 2. The van der Waals surface area contributed by atoms with Crippen LogP contribution >= 0.6 is 11.3 Å². The van der Waals surface area contributed by atoms with Gasteiger partial charge in [0.25, 0.3) is 11.8 Å². The van der Waals surface area contributed by atoms with Crippen molar-refractivity contribution in [2.75, 3.05) is 19.4 Å². The number of likely N-dealkylation sites (N-methyl/N-ethyl adjacent to an activating group) is 1. The quantitative estimate of drug-likeness (QED) is 0.405. The fourth-order valence-electron chi connectivity index (χ4n) is 4.44. The number of thiophene rings is 1. The Kier molecular flexibility index (Phi) is 6.71. The topological polar surface area (TPSA) is 78.1 Å². The number of nitriles is 1. The van der Waals surface area contributed by atoms with Crippen molar-refractivity contribution >= 4 is 34.9 Å². The zero-order valence-electron chi connectivity index (χ0n) is 19.9. The van der Waals surface area contributed by atoms with Crippen molar-refractivity contribution in [2.45, 2.75) is 39.5 Å². The van der Waals surface area contributed by atoms with E-state index in [1.54, 1.807) is 31.5 Å². The van der Waals surface area contributed by atoms with E-state index in [0.29, 0.717) is 0 Å². The Labute approximate surface area is 204 Å². The van der Waals surface area contributed by atoms with E-state index in [-0.39, 0.29) is 17.4 Å². The molecular formula is C27H28N4O2S. The number of carbonyl (C=O) groups is 2. The van der Waals surface area contributed by atoms with Gasteiger partial charge in [-0.3, -0.25) is 9.59 Å². The summed E-state index contributed by atoms with van der Waals surface area (Å²) >= 11 is 1.67. The van der Waals surface area contributed by atoms with Crippen LogP contribution in [0.1, 0.15) is 50.6 Å². The lowest BCUT2D eigenvalue weighted by Crippen LogP contribution is -2.22. The van der Waals surface area contributed by atoms with Crippen LogP contribution in [0.3, 0.4) is 0 Å². The van der Waals surface area contributed by atoms with Crippen LogP contribution in [0.15, 0.2) is 42.0 Å². The van der Waals surface area contributed by atoms with Gasteiger partial charge in [0.1, 0.15) is 16.6 Å². The largest absolute Gasteiger partial charge is 0.344 e. The lowest BCUT2D eigenvalue weighted by molar-refractivity contribution is -0.124. The minimum atomic E-state index is -0.332. The van der Waals surface area contributed by atoms with E-state index in [0.717, 1.165) is 64.4 Å². The Hall–Kier alpha value is -3.63. The van der Waals surface area contributed by atoms with Crippen molar-refractivity contribution in [3.05, 3.63) is 74.9 Å². The molecule has 2 heterocycles. The molecule has 0 bridgehead atoms. The van der Waals surface area contributed by atoms with Crippen LogP contribution < -0.4 is 5.32 Å². The van der Waals surface area contributed by atoms with Crippen molar-refractivity contribution in [1.82, 2.24) is 9.47 Å². The highest BCUT2D eigenvalue weighted by molar-refractivity contribution is 7.15. The Balaban J connectivity index is 1.83. The smallest absolute Gasteiger partial charge is 0.264 e. The lowest BCUT2D eigenvalue weighted by Gasteiger charge is -2.14. The molecule has 0 unspecified atom stereocenters. The van der Waals surface area contributed by atoms with Crippen LogP contribution in [0, 0.1) is 25.2 Å². The lowest BCUT2D eigenvalue weighted by atomic mass is 9.95. The number of nitrogens with one attached hydrogen (secondary N) is 1. The van der Waals surface area contributed by atoms with Gasteiger partial charge in [0.05, 0.1) is 5.56 Å². The van der Waals surface area contributed by atoms with Gasteiger partial charge in [-0.25, -0.2) is 0 Å². The highest BCUT2D eigenvalue weighted by atomic mass is 32.1. The van der Waals surface area contributed by atoms with Gasteiger partial charge in [-0.15, -0.1) is 11.3 Å². The summed E-state index contributed by atoms with van der Waals surface area (Å²) in [5, 5.41) is 13.5. The molecule has 1 N–H and O–H groups in total. The van der Waals surface area contributed by atoms with E-state index in [2.05, 4.69) is 9.88 Å². The van der Waals surface area contributed by atoms with E-state index in [9.17, 15) is 14.9 Å². The van der Waals surface area contributed by atoms with Gasteiger partial charge in [0.2, 0.25) is 0 Å². The molecule has 1 aliphatic rings. The summed E-state index contributed by atoms with van der Waals surface area (Å²) < 4.78 is 2.09. The minimum Gasteiger partial charge on any atom is -0.344 e. The molecular weight excluding hydrogens is 444 g/mol. The predicted octanol–water partition coefficient (Wildman–Crippen LogP) is 5.28.